The Labute approximate surface area is 177 Å². The fraction of sp³-hybridized carbons (Fsp3) is 0.538. The van der Waals surface area contributed by atoms with E-state index in [-0.39, 0.29) is 7.92 Å². The van der Waals surface area contributed by atoms with Crippen molar-refractivity contribution in [2.45, 2.75) is 75.5 Å². The third kappa shape index (κ3) is 4.48. The van der Waals surface area contributed by atoms with Crippen LogP contribution in [0.5, 0.6) is 11.5 Å². The number of methoxy groups -OCH3 is 2. The first-order valence-corrected chi connectivity index (χ1v) is 12.9. The van der Waals surface area contributed by atoms with Crippen molar-refractivity contribution in [2.75, 3.05) is 14.2 Å². The minimum Gasteiger partial charge on any atom is -0.496 e. The van der Waals surface area contributed by atoms with Crippen LogP contribution in [0.4, 0.5) is 0 Å². The summed E-state index contributed by atoms with van der Waals surface area (Å²) in [6, 6.07) is 15.2. The van der Waals surface area contributed by atoms with Gasteiger partial charge in [0.15, 0.2) is 0 Å². The number of benzene rings is 2. The summed E-state index contributed by atoms with van der Waals surface area (Å²) in [6.07, 6.45) is 14.0. The lowest BCUT2D eigenvalue weighted by atomic mass is 9.99. The Bertz CT molecular complexity index is 759. The molecule has 2 fully saturated rings. The zero-order valence-corrected chi connectivity index (χ0v) is 18.9. The molecule has 0 aliphatic heterocycles. The van der Waals surface area contributed by atoms with Gasteiger partial charge in [0.2, 0.25) is 0 Å². The molecule has 0 amide bonds. The van der Waals surface area contributed by atoms with Crippen molar-refractivity contribution < 1.29 is 9.47 Å². The first-order valence-electron chi connectivity index (χ1n) is 11.4. The molecular formula is C26H35O2P. The van der Waals surface area contributed by atoms with Crippen LogP contribution < -0.4 is 14.8 Å². The van der Waals surface area contributed by atoms with E-state index in [2.05, 4.69) is 42.5 Å². The summed E-state index contributed by atoms with van der Waals surface area (Å²) in [7, 11) is 3.39. The molecule has 0 saturated heterocycles. The van der Waals surface area contributed by atoms with Gasteiger partial charge in [0.05, 0.1) is 19.8 Å². The number of ether oxygens (including phenoxy) is 2. The molecule has 0 N–H and O–H groups in total. The van der Waals surface area contributed by atoms with Crippen molar-refractivity contribution in [3.63, 3.8) is 0 Å². The summed E-state index contributed by atoms with van der Waals surface area (Å²) in [4.78, 5) is 0. The SMILES string of the molecule is COc1ccc(P(C2CCCCC2)C2CCCCC2)c(OC)c1-c1ccccc1. The van der Waals surface area contributed by atoms with E-state index in [1.54, 1.807) is 7.11 Å². The van der Waals surface area contributed by atoms with Gasteiger partial charge in [0.25, 0.3) is 0 Å². The van der Waals surface area contributed by atoms with Crippen LogP contribution in [0.2, 0.25) is 0 Å². The van der Waals surface area contributed by atoms with Gasteiger partial charge in [-0.15, -0.1) is 0 Å². The van der Waals surface area contributed by atoms with E-state index >= 15 is 0 Å². The van der Waals surface area contributed by atoms with Crippen molar-refractivity contribution in [3.8, 4) is 22.6 Å². The van der Waals surface area contributed by atoms with Crippen LogP contribution >= 0.6 is 7.92 Å². The molecule has 0 spiro atoms. The molecule has 2 aliphatic carbocycles. The van der Waals surface area contributed by atoms with Gasteiger partial charge in [0.1, 0.15) is 11.5 Å². The Morgan fingerprint density at radius 3 is 1.79 bits per heavy atom. The summed E-state index contributed by atoms with van der Waals surface area (Å²) >= 11 is 0. The summed E-state index contributed by atoms with van der Waals surface area (Å²) in [5, 5.41) is 1.49. The second-order valence-corrected chi connectivity index (χ2v) is 11.3. The van der Waals surface area contributed by atoms with Crippen LogP contribution in [0.1, 0.15) is 64.2 Å². The Balaban J connectivity index is 1.83. The minimum atomic E-state index is -0.223. The average Bonchev–Trinajstić information content (AvgIpc) is 2.81. The normalized spacial score (nSPS) is 18.7. The van der Waals surface area contributed by atoms with Gasteiger partial charge >= 0.3 is 0 Å². The summed E-state index contributed by atoms with van der Waals surface area (Å²) in [6.45, 7) is 0. The molecule has 3 heteroatoms. The van der Waals surface area contributed by atoms with Gasteiger partial charge in [-0.2, -0.15) is 0 Å². The highest BCUT2D eigenvalue weighted by atomic mass is 31.1. The van der Waals surface area contributed by atoms with Crippen molar-refractivity contribution >= 4 is 13.2 Å². The predicted octanol–water partition coefficient (Wildman–Crippen LogP) is 7.14. The lowest BCUT2D eigenvalue weighted by Gasteiger charge is -2.39. The fourth-order valence-electron chi connectivity index (χ4n) is 5.42. The van der Waals surface area contributed by atoms with E-state index in [1.165, 1.54) is 75.1 Å². The second kappa shape index (κ2) is 9.98. The Hall–Kier alpha value is -1.53. The summed E-state index contributed by atoms with van der Waals surface area (Å²) in [5.41, 5.74) is 4.03. The topological polar surface area (TPSA) is 18.5 Å². The van der Waals surface area contributed by atoms with Gasteiger partial charge in [-0.25, -0.2) is 0 Å². The smallest absolute Gasteiger partial charge is 0.138 e. The lowest BCUT2D eigenvalue weighted by Crippen LogP contribution is -2.27. The van der Waals surface area contributed by atoms with Crippen molar-refractivity contribution in [1.82, 2.24) is 0 Å². The van der Waals surface area contributed by atoms with E-state index < -0.39 is 0 Å². The van der Waals surface area contributed by atoms with Crippen LogP contribution in [0.25, 0.3) is 11.1 Å². The van der Waals surface area contributed by atoms with Gasteiger partial charge in [0, 0.05) is 5.30 Å². The number of hydrogen-bond donors (Lipinski definition) is 0. The van der Waals surface area contributed by atoms with Crippen LogP contribution in [-0.2, 0) is 0 Å². The quantitative estimate of drug-likeness (QED) is 0.471. The van der Waals surface area contributed by atoms with E-state index in [0.29, 0.717) is 0 Å². The van der Waals surface area contributed by atoms with Gasteiger partial charge in [-0.1, -0.05) is 76.8 Å². The third-order valence-corrected chi connectivity index (χ3v) is 10.3. The second-order valence-electron chi connectivity index (χ2n) is 8.55. The fourth-order valence-corrected chi connectivity index (χ4v) is 9.33. The van der Waals surface area contributed by atoms with E-state index in [4.69, 9.17) is 9.47 Å². The standard InChI is InChI=1S/C26H35O2P/c1-27-23-18-19-24(26(28-2)25(23)20-12-6-3-7-13-20)29(21-14-8-4-9-15-21)22-16-10-5-11-17-22/h3,6-7,12-13,18-19,21-22H,4-5,8-11,14-17H2,1-2H3. The molecule has 29 heavy (non-hydrogen) atoms. The highest BCUT2D eigenvalue weighted by Crippen LogP contribution is 2.57. The lowest BCUT2D eigenvalue weighted by molar-refractivity contribution is 0.399. The highest BCUT2D eigenvalue weighted by Gasteiger charge is 2.35. The molecular weight excluding hydrogens is 375 g/mol. The predicted molar refractivity (Wildman–Crippen MR) is 125 cm³/mol. The molecule has 2 nitrogen and oxygen atoms in total. The average molecular weight is 411 g/mol. The molecule has 4 rings (SSSR count). The third-order valence-electron chi connectivity index (χ3n) is 6.80. The molecule has 0 bridgehead atoms. The van der Waals surface area contributed by atoms with Crippen molar-refractivity contribution in [2.24, 2.45) is 0 Å². The molecule has 2 aromatic carbocycles. The number of hydrogen-bond acceptors (Lipinski definition) is 2. The minimum absolute atomic E-state index is 0.223. The Morgan fingerprint density at radius 1 is 0.690 bits per heavy atom. The Kier molecular flexibility index (Phi) is 7.14. The summed E-state index contributed by atoms with van der Waals surface area (Å²) < 4.78 is 12.0. The first-order chi connectivity index (χ1) is 14.3. The molecule has 2 aromatic rings. The maximum Gasteiger partial charge on any atom is 0.138 e. The van der Waals surface area contributed by atoms with Crippen LogP contribution in [0.3, 0.4) is 0 Å². The van der Waals surface area contributed by atoms with E-state index in [0.717, 1.165) is 28.4 Å². The molecule has 0 aromatic heterocycles. The molecule has 0 radical (unpaired) electrons. The molecule has 0 heterocycles. The maximum atomic E-state index is 6.17. The van der Waals surface area contributed by atoms with Crippen molar-refractivity contribution in [3.05, 3.63) is 42.5 Å². The molecule has 2 saturated carbocycles. The highest BCUT2D eigenvalue weighted by molar-refractivity contribution is 7.67. The molecule has 156 valence electrons. The van der Waals surface area contributed by atoms with Gasteiger partial charge < -0.3 is 9.47 Å². The monoisotopic (exact) mass is 410 g/mol. The Morgan fingerprint density at radius 2 is 1.28 bits per heavy atom. The van der Waals surface area contributed by atoms with Crippen molar-refractivity contribution in [1.29, 1.82) is 0 Å². The maximum absolute atomic E-state index is 6.17. The van der Waals surface area contributed by atoms with E-state index in [1.807, 2.05) is 7.11 Å². The molecule has 0 atom stereocenters. The zero-order valence-electron chi connectivity index (χ0n) is 18.0. The molecule has 2 aliphatic rings. The van der Waals surface area contributed by atoms with Crippen LogP contribution in [-0.4, -0.2) is 25.5 Å². The van der Waals surface area contributed by atoms with Crippen LogP contribution in [0.15, 0.2) is 42.5 Å². The zero-order chi connectivity index (χ0) is 20.1. The van der Waals surface area contributed by atoms with E-state index in [9.17, 15) is 0 Å². The van der Waals surface area contributed by atoms with Crippen LogP contribution in [0, 0.1) is 0 Å². The first kappa shape index (κ1) is 20.7. The van der Waals surface area contributed by atoms with Gasteiger partial charge in [-0.05, 0) is 54.7 Å². The number of rotatable bonds is 6. The van der Waals surface area contributed by atoms with Gasteiger partial charge in [-0.3, -0.25) is 0 Å². The molecule has 0 unspecified atom stereocenters. The summed E-state index contributed by atoms with van der Waals surface area (Å²) in [5.74, 6) is 1.98. The largest absolute Gasteiger partial charge is 0.496 e.